The van der Waals surface area contributed by atoms with Gasteiger partial charge in [0, 0.05) is 22.7 Å². The number of carbonyl (C=O) groups is 2. The van der Waals surface area contributed by atoms with Gasteiger partial charge >= 0.3 is 5.97 Å². The predicted octanol–water partition coefficient (Wildman–Crippen LogP) is 5.32. The van der Waals surface area contributed by atoms with Gasteiger partial charge in [0.2, 0.25) is 5.91 Å². The molecule has 8 heteroatoms. The second-order valence-corrected chi connectivity index (χ2v) is 11.0. The zero-order chi connectivity index (χ0) is 23.4. The number of hydrogen-bond acceptors (Lipinski definition) is 7. The molecule has 33 heavy (non-hydrogen) atoms. The topological polar surface area (TPSA) is 92.1 Å². The van der Waals surface area contributed by atoms with Gasteiger partial charge in [0.25, 0.3) is 0 Å². The van der Waals surface area contributed by atoms with Gasteiger partial charge in [-0.25, -0.2) is 9.78 Å². The fourth-order valence-electron chi connectivity index (χ4n) is 4.60. The number of thiophene rings is 1. The molecule has 2 aliphatic rings. The molecule has 174 valence electrons. The van der Waals surface area contributed by atoms with Crippen LogP contribution in [0.15, 0.2) is 11.1 Å². The van der Waals surface area contributed by atoms with Crippen molar-refractivity contribution in [3.8, 4) is 6.07 Å². The minimum absolute atomic E-state index is 0.144. The van der Waals surface area contributed by atoms with Gasteiger partial charge in [0.1, 0.15) is 16.1 Å². The molecule has 1 N–H and O–H groups in total. The Morgan fingerprint density at radius 1 is 1.30 bits per heavy atom. The summed E-state index contributed by atoms with van der Waals surface area (Å²) >= 11 is 2.95. The number of esters is 1. The highest BCUT2D eigenvalue weighted by Crippen LogP contribution is 2.38. The summed E-state index contributed by atoms with van der Waals surface area (Å²) in [5.41, 5.74) is 4.42. The molecule has 1 atom stereocenters. The van der Waals surface area contributed by atoms with Crippen molar-refractivity contribution in [3.05, 3.63) is 38.9 Å². The zero-order valence-electron chi connectivity index (χ0n) is 19.2. The van der Waals surface area contributed by atoms with Crippen LogP contribution >= 0.6 is 23.1 Å². The number of methoxy groups -OCH3 is 1. The molecule has 2 aliphatic carbocycles. The molecule has 0 spiro atoms. The van der Waals surface area contributed by atoms with Crippen molar-refractivity contribution in [2.45, 2.75) is 69.7 Å². The number of fused-ring (bicyclic) bond motifs is 2. The Morgan fingerprint density at radius 3 is 2.91 bits per heavy atom. The van der Waals surface area contributed by atoms with E-state index in [0.29, 0.717) is 32.8 Å². The third kappa shape index (κ3) is 5.42. The molecule has 2 aromatic heterocycles. The maximum absolute atomic E-state index is 12.7. The molecule has 1 amide bonds. The average molecular weight is 484 g/mol. The van der Waals surface area contributed by atoms with E-state index in [4.69, 9.17) is 9.72 Å². The number of carbonyl (C=O) groups excluding carboxylic acids is 2. The molecule has 2 heterocycles. The molecular formula is C25H29N3O3S2. The second-order valence-electron chi connectivity index (χ2n) is 8.81. The third-order valence-electron chi connectivity index (χ3n) is 6.35. The molecule has 0 saturated carbocycles. The molecule has 0 aliphatic heterocycles. The Hall–Kier alpha value is -2.37. The van der Waals surface area contributed by atoms with Crippen LogP contribution in [-0.2, 0) is 35.2 Å². The predicted molar refractivity (Wildman–Crippen MR) is 131 cm³/mol. The van der Waals surface area contributed by atoms with Gasteiger partial charge in [-0.3, -0.25) is 4.79 Å². The minimum Gasteiger partial charge on any atom is -0.465 e. The number of pyridine rings is 1. The lowest BCUT2D eigenvalue weighted by atomic mass is 9.87. The number of nitrogens with zero attached hydrogens (tertiary/aromatic N) is 2. The van der Waals surface area contributed by atoms with Crippen LogP contribution < -0.4 is 5.32 Å². The van der Waals surface area contributed by atoms with Crippen LogP contribution in [0.5, 0.6) is 0 Å². The summed E-state index contributed by atoms with van der Waals surface area (Å²) < 4.78 is 5.01. The van der Waals surface area contributed by atoms with Crippen molar-refractivity contribution < 1.29 is 14.3 Å². The molecule has 6 nitrogen and oxygen atoms in total. The van der Waals surface area contributed by atoms with Crippen LogP contribution in [0.3, 0.4) is 0 Å². The maximum Gasteiger partial charge on any atom is 0.341 e. The largest absolute Gasteiger partial charge is 0.465 e. The summed E-state index contributed by atoms with van der Waals surface area (Å²) in [6, 6.07) is 4.24. The van der Waals surface area contributed by atoms with Crippen molar-refractivity contribution in [2.24, 2.45) is 5.92 Å². The van der Waals surface area contributed by atoms with Gasteiger partial charge in [-0.1, -0.05) is 13.3 Å². The standard InChI is InChI=1S/C25H29N3O3S2/c1-15-8-9-19-16(12-15)13-17(14-26)23(27-19)32-11-10-21(29)28-24-22(25(30)31-2)18-6-4-3-5-7-20(18)33-24/h13,15H,3-12H2,1-2H3,(H,28,29). The highest BCUT2D eigenvalue weighted by atomic mass is 32.2. The number of nitriles is 1. The fourth-order valence-corrected chi connectivity index (χ4v) is 6.81. The van der Waals surface area contributed by atoms with E-state index in [2.05, 4.69) is 18.3 Å². The van der Waals surface area contributed by atoms with E-state index in [1.165, 1.54) is 40.6 Å². The monoisotopic (exact) mass is 483 g/mol. The first-order valence-corrected chi connectivity index (χ1v) is 13.4. The Morgan fingerprint density at radius 2 is 2.12 bits per heavy atom. The van der Waals surface area contributed by atoms with E-state index in [1.807, 2.05) is 6.07 Å². The van der Waals surface area contributed by atoms with Crippen molar-refractivity contribution in [1.82, 2.24) is 4.98 Å². The van der Waals surface area contributed by atoms with E-state index in [1.54, 1.807) is 0 Å². The molecule has 0 bridgehead atoms. The molecular weight excluding hydrogens is 454 g/mol. The Bertz CT molecular complexity index is 1100. The van der Waals surface area contributed by atoms with E-state index in [-0.39, 0.29) is 18.3 Å². The third-order valence-corrected chi connectivity index (χ3v) is 8.55. The van der Waals surface area contributed by atoms with Gasteiger partial charge < -0.3 is 10.1 Å². The highest BCUT2D eigenvalue weighted by Gasteiger charge is 2.26. The highest BCUT2D eigenvalue weighted by molar-refractivity contribution is 7.99. The lowest BCUT2D eigenvalue weighted by Gasteiger charge is -2.21. The number of aryl methyl sites for hydroxylation is 2. The SMILES string of the molecule is COC(=O)c1c(NC(=O)CCSc2nc3c(cc2C#N)CC(C)CC3)sc2c1CCCCC2. The number of nitrogens with one attached hydrogen (secondary N) is 1. The number of hydrogen-bond donors (Lipinski definition) is 1. The number of amides is 1. The zero-order valence-corrected chi connectivity index (χ0v) is 20.8. The van der Waals surface area contributed by atoms with Gasteiger partial charge in [-0.05, 0) is 68.1 Å². The number of rotatable bonds is 6. The number of aromatic nitrogens is 1. The van der Waals surface area contributed by atoms with Crippen molar-refractivity contribution in [3.63, 3.8) is 0 Å². The maximum atomic E-state index is 12.7. The molecule has 0 radical (unpaired) electrons. The number of ether oxygens (including phenoxy) is 1. The average Bonchev–Trinajstić information content (AvgIpc) is 2.97. The minimum atomic E-state index is -0.384. The Balaban J connectivity index is 1.42. The first kappa shape index (κ1) is 23.8. The van der Waals surface area contributed by atoms with Crippen LogP contribution in [0, 0.1) is 17.2 Å². The first-order valence-electron chi connectivity index (χ1n) is 11.6. The molecule has 0 aromatic carbocycles. The molecule has 4 rings (SSSR count). The summed E-state index contributed by atoms with van der Waals surface area (Å²) in [5, 5.41) is 13.8. The van der Waals surface area contributed by atoms with Crippen LogP contribution in [0.1, 0.15) is 76.6 Å². The molecule has 2 aromatic rings. The smallest absolute Gasteiger partial charge is 0.341 e. The van der Waals surface area contributed by atoms with Gasteiger partial charge in [0.15, 0.2) is 0 Å². The van der Waals surface area contributed by atoms with Crippen LogP contribution in [0.25, 0.3) is 0 Å². The quantitative estimate of drug-likeness (QED) is 0.340. The van der Waals surface area contributed by atoms with Crippen molar-refractivity contribution >= 4 is 40.0 Å². The van der Waals surface area contributed by atoms with Crippen LogP contribution in [-0.4, -0.2) is 29.7 Å². The number of thioether (sulfide) groups is 1. The fraction of sp³-hybridized carbons (Fsp3) is 0.520. The lowest BCUT2D eigenvalue weighted by molar-refractivity contribution is -0.115. The summed E-state index contributed by atoms with van der Waals surface area (Å²) in [7, 11) is 1.38. The molecule has 1 unspecified atom stereocenters. The van der Waals surface area contributed by atoms with E-state index in [9.17, 15) is 14.9 Å². The Kier molecular flexibility index (Phi) is 7.71. The molecule has 0 saturated heterocycles. The van der Waals surface area contributed by atoms with Crippen molar-refractivity contribution in [1.29, 1.82) is 5.26 Å². The lowest BCUT2D eigenvalue weighted by Crippen LogP contribution is -2.15. The van der Waals surface area contributed by atoms with Crippen molar-refractivity contribution in [2.75, 3.05) is 18.2 Å². The van der Waals surface area contributed by atoms with Crippen LogP contribution in [0.4, 0.5) is 5.00 Å². The van der Waals surface area contributed by atoms with Crippen LogP contribution in [0.2, 0.25) is 0 Å². The van der Waals surface area contributed by atoms with Gasteiger partial charge in [-0.15, -0.1) is 23.1 Å². The van der Waals surface area contributed by atoms with E-state index >= 15 is 0 Å². The Labute approximate surface area is 203 Å². The van der Waals surface area contributed by atoms with Gasteiger partial charge in [-0.2, -0.15) is 5.26 Å². The second kappa shape index (κ2) is 10.7. The summed E-state index contributed by atoms with van der Waals surface area (Å²) in [4.78, 5) is 31.1. The van der Waals surface area contributed by atoms with Gasteiger partial charge in [0.05, 0.1) is 18.2 Å². The summed E-state index contributed by atoms with van der Waals surface area (Å²) in [5.74, 6) is 0.608. The number of anilines is 1. The van der Waals surface area contributed by atoms with E-state index in [0.717, 1.165) is 62.6 Å². The first-order chi connectivity index (χ1) is 16.0. The summed E-state index contributed by atoms with van der Waals surface area (Å²) in [6.45, 7) is 2.23. The normalized spacial score (nSPS) is 17.3. The molecule has 0 fully saturated rings. The summed E-state index contributed by atoms with van der Waals surface area (Å²) in [6.07, 6.45) is 8.39. The van der Waals surface area contributed by atoms with E-state index < -0.39 is 0 Å².